The number of pyridine rings is 1. The van der Waals surface area contributed by atoms with E-state index in [0.717, 1.165) is 36.8 Å². The molecule has 2 aliphatic heterocycles. The number of benzene rings is 1. The lowest BCUT2D eigenvalue weighted by molar-refractivity contribution is 0.0198. The van der Waals surface area contributed by atoms with Crippen molar-refractivity contribution in [1.29, 1.82) is 0 Å². The van der Waals surface area contributed by atoms with Gasteiger partial charge in [0, 0.05) is 30.8 Å². The molecule has 3 aliphatic rings. The fourth-order valence-electron chi connectivity index (χ4n) is 4.99. The van der Waals surface area contributed by atoms with Crippen LogP contribution in [0.4, 0.5) is 15.4 Å². The highest BCUT2D eigenvalue weighted by Gasteiger charge is 2.34. The molecule has 0 spiro atoms. The highest BCUT2D eigenvalue weighted by molar-refractivity contribution is 7.96. The summed E-state index contributed by atoms with van der Waals surface area (Å²) >= 11 is 1.35. The van der Waals surface area contributed by atoms with Crippen LogP contribution < -0.4 is 10.1 Å². The Morgan fingerprint density at radius 3 is 2.76 bits per heavy atom. The fraction of sp³-hybridized carbons (Fsp3) is 0.536. The molecule has 0 bridgehead atoms. The minimum absolute atomic E-state index is 0.0205. The second-order valence-electron chi connectivity index (χ2n) is 11.2. The Morgan fingerprint density at radius 1 is 1.26 bits per heavy atom. The Morgan fingerprint density at radius 2 is 2.05 bits per heavy atom. The Bertz CT molecular complexity index is 1230. The highest BCUT2D eigenvalue weighted by atomic mass is 32.2. The number of amides is 3. The summed E-state index contributed by atoms with van der Waals surface area (Å²) in [5.74, 6) is 1.70. The number of anilines is 1. The van der Waals surface area contributed by atoms with Gasteiger partial charge in [0.25, 0.3) is 0 Å². The van der Waals surface area contributed by atoms with E-state index in [9.17, 15) is 14.7 Å². The van der Waals surface area contributed by atoms with Crippen molar-refractivity contribution in [3.63, 3.8) is 0 Å². The number of carbonyl (C=O) groups is 2. The molecule has 1 aromatic heterocycles. The quantitative estimate of drug-likeness (QED) is 0.434. The molecular formula is C28H36N4O5S. The molecule has 38 heavy (non-hydrogen) atoms. The van der Waals surface area contributed by atoms with E-state index in [1.54, 1.807) is 21.3 Å². The van der Waals surface area contributed by atoms with Crippen LogP contribution in [0, 0.1) is 5.92 Å². The third kappa shape index (κ3) is 5.80. The van der Waals surface area contributed by atoms with Gasteiger partial charge in [0.15, 0.2) is 0 Å². The number of hydrogen-bond donors (Lipinski definition) is 2. The van der Waals surface area contributed by atoms with Crippen molar-refractivity contribution < 1.29 is 24.2 Å². The van der Waals surface area contributed by atoms with Gasteiger partial charge in [-0.05, 0) is 88.1 Å². The molecule has 1 aliphatic carbocycles. The van der Waals surface area contributed by atoms with E-state index < -0.39 is 5.60 Å². The van der Waals surface area contributed by atoms with E-state index in [2.05, 4.69) is 5.32 Å². The van der Waals surface area contributed by atoms with Crippen molar-refractivity contribution in [2.24, 2.45) is 5.92 Å². The molecule has 3 amide bonds. The number of urea groups is 1. The smallest absolute Gasteiger partial charge is 0.410 e. The molecule has 2 N–H and O–H groups in total. The van der Waals surface area contributed by atoms with E-state index in [-0.39, 0.29) is 23.8 Å². The number of likely N-dealkylation sites (tertiary alicyclic amines) is 1. The maximum absolute atomic E-state index is 12.9. The second-order valence-corrected chi connectivity index (χ2v) is 12.0. The second kappa shape index (κ2) is 10.6. The van der Waals surface area contributed by atoms with Gasteiger partial charge in [0.2, 0.25) is 0 Å². The van der Waals surface area contributed by atoms with Gasteiger partial charge >= 0.3 is 12.1 Å². The van der Waals surface area contributed by atoms with Crippen LogP contribution in [0.1, 0.15) is 63.5 Å². The molecule has 10 heteroatoms. The summed E-state index contributed by atoms with van der Waals surface area (Å²) in [4.78, 5) is 32.2. The molecule has 3 heterocycles. The monoisotopic (exact) mass is 540 g/mol. The predicted octanol–water partition coefficient (Wildman–Crippen LogP) is 5.98. The van der Waals surface area contributed by atoms with Gasteiger partial charge in [-0.1, -0.05) is 6.07 Å². The van der Waals surface area contributed by atoms with Crippen molar-refractivity contribution in [1.82, 2.24) is 14.2 Å². The Balaban J connectivity index is 1.54. The Hall–Kier alpha value is -3.14. The van der Waals surface area contributed by atoms with Crippen molar-refractivity contribution in [2.45, 2.75) is 64.5 Å². The minimum atomic E-state index is -0.572. The zero-order valence-corrected chi connectivity index (χ0v) is 23.3. The van der Waals surface area contributed by atoms with E-state index in [4.69, 9.17) is 14.5 Å². The Labute approximate surface area is 228 Å². The van der Waals surface area contributed by atoms with Crippen LogP contribution in [0.15, 0.2) is 24.3 Å². The van der Waals surface area contributed by atoms with Crippen LogP contribution in [0.2, 0.25) is 0 Å². The average molecular weight is 541 g/mol. The number of phenolic OH excluding ortho intramolecular Hbond substituents is 1. The summed E-state index contributed by atoms with van der Waals surface area (Å²) in [6.45, 7) is 7.74. The van der Waals surface area contributed by atoms with Crippen LogP contribution in [-0.4, -0.2) is 63.0 Å². The highest BCUT2D eigenvalue weighted by Crippen LogP contribution is 2.43. The lowest BCUT2D eigenvalue weighted by Crippen LogP contribution is -2.43. The van der Waals surface area contributed by atoms with Gasteiger partial charge in [-0.2, -0.15) is 0 Å². The number of carbonyl (C=O) groups excluding carboxylic acids is 2. The van der Waals surface area contributed by atoms with E-state index in [1.165, 1.54) is 11.9 Å². The lowest BCUT2D eigenvalue weighted by atomic mass is 9.86. The first-order valence-electron chi connectivity index (χ1n) is 13.2. The molecular weight excluding hydrogens is 504 g/mol. The third-order valence-electron chi connectivity index (χ3n) is 7.08. The number of hydrogen-bond acceptors (Lipinski definition) is 7. The Kier molecular flexibility index (Phi) is 7.35. The first-order chi connectivity index (χ1) is 18.1. The summed E-state index contributed by atoms with van der Waals surface area (Å²) < 4.78 is 13.4. The topological polar surface area (TPSA) is 104 Å². The maximum Gasteiger partial charge on any atom is 0.410 e. The first-order valence-corrected chi connectivity index (χ1v) is 14.4. The molecule has 1 atom stereocenters. The number of rotatable bonds is 6. The summed E-state index contributed by atoms with van der Waals surface area (Å²) in [7, 11) is 0. The predicted molar refractivity (Wildman–Crippen MR) is 147 cm³/mol. The van der Waals surface area contributed by atoms with E-state index in [1.807, 2.05) is 39.2 Å². The molecule has 5 rings (SSSR count). The summed E-state index contributed by atoms with van der Waals surface area (Å²) in [6, 6.07) is 6.99. The number of phenols is 1. The normalized spacial score (nSPS) is 19.6. The number of ether oxygens (including phenoxy) is 2. The summed E-state index contributed by atoms with van der Waals surface area (Å²) in [5, 5.41) is 13.8. The van der Waals surface area contributed by atoms with Crippen LogP contribution in [0.25, 0.3) is 11.3 Å². The SMILES string of the molecule is CSN1Cc2c(C3CCCN(C(=O)OC(C)(C)C)C3)cc(-c3c(O)cccc3OCC3CC3)nc2NC1=O. The van der Waals surface area contributed by atoms with Gasteiger partial charge in [-0.15, -0.1) is 0 Å². The molecule has 1 saturated carbocycles. The zero-order valence-electron chi connectivity index (χ0n) is 22.5. The first kappa shape index (κ1) is 26.5. The fourth-order valence-corrected chi connectivity index (χ4v) is 5.46. The maximum atomic E-state index is 12.9. The molecule has 2 aromatic rings. The van der Waals surface area contributed by atoms with Crippen molar-refractivity contribution in [3.05, 3.63) is 35.4 Å². The summed E-state index contributed by atoms with van der Waals surface area (Å²) in [6.07, 6.45) is 5.57. The van der Waals surface area contributed by atoms with Crippen LogP contribution in [0.5, 0.6) is 11.5 Å². The number of aromatic nitrogens is 1. The van der Waals surface area contributed by atoms with Gasteiger partial charge < -0.3 is 19.5 Å². The molecule has 0 radical (unpaired) electrons. The number of aromatic hydroxyl groups is 1. The lowest BCUT2D eigenvalue weighted by Gasteiger charge is -2.36. The molecule has 1 unspecified atom stereocenters. The van der Waals surface area contributed by atoms with E-state index >= 15 is 0 Å². The number of piperidine rings is 1. The van der Waals surface area contributed by atoms with Gasteiger partial charge in [-0.25, -0.2) is 14.6 Å². The van der Waals surface area contributed by atoms with Gasteiger partial charge in [0.05, 0.1) is 24.4 Å². The number of nitrogens with zero attached hydrogens (tertiary/aromatic N) is 3. The molecule has 1 aromatic carbocycles. The largest absolute Gasteiger partial charge is 0.507 e. The molecule has 9 nitrogen and oxygen atoms in total. The van der Waals surface area contributed by atoms with Crippen molar-refractivity contribution >= 4 is 29.9 Å². The average Bonchev–Trinajstić information content (AvgIpc) is 3.70. The summed E-state index contributed by atoms with van der Waals surface area (Å²) in [5.41, 5.74) is 2.41. The molecule has 204 valence electrons. The van der Waals surface area contributed by atoms with Crippen LogP contribution >= 0.6 is 11.9 Å². The number of fused-ring (bicyclic) bond motifs is 1. The van der Waals surface area contributed by atoms with Crippen molar-refractivity contribution in [2.75, 3.05) is 31.3 Å². The standard InChI is InChI=1S/C28H36N4O5S/c1-28(2,3)37-27(35)31-12-6-7-18(14-31)19-13-21(29-25-20(19)15-32(38-4)26(34)30-25)24-22(33)8-5-9-23(24)36-16-17-10-11-17/h5,8-9,13,17-18,33H,6-7,10-12,14-16H2,1-4H3,(H,29,30,34). The van der Waals surface area contributed by atoms with Crippen molar-refractivity contribution in [3.8, 4) is 22.8 Å². The zero-order chi connectivity index (χ0) is 27.0. The minimum Gasteiger partial charge on any atom is -0.507 e. The van der Waals surface area contributed by atoms with Crippen LogP contribution in [-0.2, 0) is 11.3 Å². The number of nitrogens with one attached hydrogen (secondary N) is 1. The third-order valence-corrected chi connectivity index (χ3v) is 7.81. The molecule has 2 fully saturated rings. The molecule has 1 saturated heterocycles. The van der Waals surface area contributed by atoms with Gasteiger partial charge in [-0.3, -0.25) is 9.62 Å². The van der Waals surface area contributed by atoms with E-state index in [0.29, 0.717) is 55.0 Å². The van der Waals surface area contributed by atoms with Gasteiger partial charge in [0.1, 0.15) is 22.9 Å². The van der Waals surface area contributed by atoms with Crippen LogP contribution in [0.3, 0.4) is 0 Å².